The Balaban J connectivity index is 0.785. The number of aromatic nitrogens is 3. The molecule has 0 unspecified atom stereocenters. The van der Waals surface area contributed by atoms with E-state index in [9.17, 15) is 32.3 Å². The number of nitrogens with two attached hydrogens (primary N) is 1. The van der Waals surface area contributed by atoms with E-state index in [2.05, 4.69) is 36.0 Å². The van der Waals surface area contributed by atoms with Crippen molar-refractivity contribution in [1.29, 1.82) is 0 Å². The molecule has 4 aliphatic rings. The van der Waals surface area contributed by atoms with Crippen molar-refractivity contribution < 1.29 is 41.5 Å². The lowest BCUT2D eigenvalue weighted by molar-refractivity contribution is -0.274. The van der Waals surface area contributed by atoms with Crippen LogP contribution in [0, 0.1) is 5.82 Å². The monoisotopic (exact) mass is 1030 g/mol. The minimum atomic E-state index is -4.85. The summed E-state index contributed by atoms with van der Waals surface area (Å²) in [4.78, 5) is 66.1. The van der Waals surface area contributed by atoms with Crippen molar-refractivity contribution in [3.63, 3.8) is 0 Å². The van der Waals surface area contributed by atoms with Gasteiger partial charge in [0.25, 0.3) is 0 Å². The predicted octanol–water partition coefficient (Wildman–Crippen LogP) is 8.52. The molecule has 2 fully saturated rings. The van der Waals surface area contributed by atoms with Crippen LogP contribution in [0.3, 0.4) is 0 Å². The molecule has 0 radical (unpaired) electrons. The zero-order chi connectivity index (χ0) is 50.5. The molecule has 1 saturated heterocycles. The van der Waals surface area contributed by atoms with Gasteiger partial charge in [-0.15, -0.1) is 13.2 Å². The third-order valence-corrected chi connectivity index (χ3v) is 15.1. The maximum atomic E-state index is 16.3. The van der Waals surface area contributed by atoms with Gasteiger partial charge in [0.15, 0.2) is 0 Å². The van der Waals surface area contributed by atoms with Crippen LogP contribution in [0.4, 0.5) is 34.8 Å². The SMILES string of the molecule is Nc1ncnc2c1c(-c1ccc3c(c1)CCN3C(=O)Cc1cccc(OC(F)(F)F)c1)cn2CCCNC(=O)CCNC(=O)[C@@H]1NC2(CCCCC2)[C@@]2(C(=O)Nc3cc(Cl)ccc32)[C@H]1c1cccc(Cl)c1F. The molecule has 14 nitrogen and oxygen atoms in total. The highest BCUT2D eigenvalue weighted by Gasteiger charge is 2.72. The summed E-state index contributed by atoms with van der Waals surface area (Å²) in [5.74, 6) is -3.20. The number of halogens is 6. The lowest BCUT2D eigenvalue weighted by Crippen LogP contribution is -2.60. The second kappa shape index (κ2) is 19.3. The fourth-order valence-corrected chi connectivity index (χ4v) is 12.0. The number of benzene rings is 4. The van der Waals surface area contributed by atoms with E-state index in [4.69, 9.17) is 28.9 Å². The Kier molecular flexibility index (Phi) is 13.1. The Labute approximate surface area is 421 Å². The van der Waals surface area contributed by atoms with Gasteiger partial charge in [0, 0.05) is 72.2 Å². The van der Waals surface area contributed by atoms with Gasteiger partial charge in [0.05, 0.1) is 22.9 Å². The standard InChI is InChI=1S/C52H49Cl2F4N9O5/c53-32-12-13-36-38(26-32)64-49(71)51(36)43(34-9-5-10-37(54)44(34)55)45(65-50(51)17-2-1-3-18-50)48(70)61-20-15-40(68)60-19-6-21-66-27-35(42-46(59)62-28-63-47(42)66)30-11-14-39-31(25-30)16-22-67(39)41(69)24-29-7-4-8-33(23-29)72-52(56,57)58/h4-5,7-14,23,25-28,43,45,65H,1-3,6,15-22,24H2,(H,60,68)(H,61,70)(H,64,71)(H2,59,62,63)/t43-,45+,51+/m0/s1. The van der Waals surface area contributed by atoms with Gasteiger partial charge in [-0.25, -0.2) is 14.4 Å². The minimum Gasteiger partial charge on any atom is -0.406 e. The molecule has 3 aliphatic heterocycles. The smallest absolute Gasteiger partial charge is 0.406 e. The fourth-order valence-electron chi connectivity index (χ4n) is 11.7. The summed E-state index contributed by atoms with van der Waals surface area (Å²) in [5, 5.41) is 13.4. The normalized spacial score (nSPS) is 19.9. The van der Waals surface area contributed by atoms with Gasteiger partial charge in [0.1, 0.15) is 34.8 Å². The molecule has 10 rings (SSSR count). The average molecular weight is 1030 g/mol. The molecule has 2 spiro atoms. The third kappa shape index (κ3) is 8.86. The van der Waals surface area contributed by atoms with Crippen LogP contribution in [0.5, 0.6) is 5.75 Å². The fraction of sp³-hybridized carbons (Fsp3) is 0.346. The van der Waals surface area contributed by atoms with Crippen LogP contribution < -0.4 is 36.6 Å². The van der Waals surface area contributed by atoms with Crippen molar-refractivity contribution in [2.24, 2.45) is 0 Å². The number of aryl methyl sites for hydroxylation is 1. The zero-order valence-electron chi connectivity index (χ0n) is 38.7. The van der Waals surface area contributed by atoms with Crippen molar-refractivity contribution in [3.05, 3.63) is 130 Å². The molecule has 4 amide bonds. The summed E-state index contributed by atoms with van der Waals surface area (Å²) >= 11 is 12.8. The number of carbonyl (C=O) groups is 4. The molecule has 374 valence electrons. The molecule has 1 aliphatic carbocycles. The van der Waals surface area contributed by atoms with E-state index in [0.29, 0.717) is 83.9 Å². The van der Waals surface area contributed by atoms with Gasteiger partial charge in [-0.3, -0.25) is 24.5 Å². The molecule has 4 aromatic carbocycles. The van der Waals surface area contributed by atoms with Gasteiger partial charge in [0.2, 0.25) is 23.6 Å². The van der Waals surface area contributed by atoms with Crippen LogP contribution in [0.25, 0.3) is 22.2 Å². The first-order chi connectivity index (χ1) is 34.6. The molecule has 5 heterocycles. The molecule has 6 aromatic rings. The van der Waals surface area contributed by atoms with E-state index in [1.807, 2.05) is 29.0 Å². The molecule has 6 N–H and O–H groups in total. The lowest BCUT2D eigenvalue weighted by atomic mass is 9.55. The average Bonchev–Trinajstić information content (AvgIpc) is 4.09. The van der Waals surface area contributed by atoms with Crippen LogP contribution in [0.1, 0.15) is 73.1 Å². The Bertz CT molecular complexity index is 3150. The number of hydrogen-bond donors (Lipinski definition) is 5. The van der Waals surface area contributed by atoms with Gasteiger partial charge < -0.3 is 35.9 Å². The second-order valence-electron chi connectivity index (χ2n) is 18.8. The highest BCUT2D eigenvalue weighted by atomic mass is 35.5. The highest BCUT2D eigenvalue weighted by Crippen LogP contribution is 2.63. The Morgan fingerprint density at radius 2 is 1.75 bits per heavy atom. The number of amides is 4. The van der Waals surface area contributed by atoms with E-state index in [1.54, 1.807) is 41.3 Å². The predicted molar refractivity (Wildman–Crippen MR) is 264 cm³/mol. The number of anilines is 3. The molecule has 1 saturated carbocycles. The number of nitrogens with zero attached hydrogens (tertiary/aromatic N) is 4. The largest absolute Gasteiger partial charge is 0.573 e. The first-order valence-electron chi connectivity index (χ1n) is 23.8. The summed E-state index contributed by atoms with van der Waals surface area (Å²) < 4.78 is 60.6. The topological polar surface area (TPSA) is 186 Å². The summed E-state index contributed by atoms with van der Waals surface area (Å²) in [6, 6.07) is 19.8. The van der Waals surface area contributed by atoms with E-state index >= 15 is 4.39 Å². The van der Waals surface area contributed by atoms with Crippen LogP contribution in [-0.2, 0) is 44.0 Å². The first kappa shape index (κ1) is 48.8. The Morgan fingerprint density at radius 3 is 2.56 bits per heavy atom. The van der Waals surface area contributed by atoms with Gasteiger partial charge in [-0.2, -0.15) is 0 Å². The van der Waals surface area contributed by atoms with E-state index in [0.717, 1.165) is 36.0 Å². The van der Waals surface area contributed by atoms with Crippen LogP contribution in [0.15, 0.2) is 91.4 Å². The summed E-state index contributed by atoms with van der Waals surface area (Å²) in [6.45, 7) is 1.13. The van der Waals surface area contributed by atoms with Crippen LogP contribution in [-0.4, -0.2) is 75.7 Å². The van der Waals surface area contributed by atoms with Gasteiger partial charge in [-0.05, 0) is 96.0 Å². The third-order valence-electron chi connectivity index (χ3n) is 14.6. The van der Waals surface area contributed by atoms with E-state index in [-0.39, 0.29) is 53.5 Å². The van der Waals surface area contributed by atoms with Crippen LogP contribution >= 0.6 is 23.2 Å². The molecular weight excluding hydrogens is 978 g/mol. The van der Waals surface area contributed by atoms with E-state index < -0.39 is 46.7 Å². The lowest BCUT2D eigenvalue weighted by Gasteiger charge is -2.47. The summed E-state index contributed by atoms with van der Waals surface area (Å²) in [7, 11) is 0. The van der Waals surface area contributed by atoms with E-state index in [1.165, 1.54) is 30.6 Å². The molecule has 72 heavy (non-hydrogen) atoms. The molecule has 0 bridgehead atoms. The number of nitrogens with one attached hydrogen (secondary N) is 4. The number of fused-ring (bicyclic) bond motifs is 5. The van der Waals surface area contributed by atoms with Crippen molar-refractivity contribution in [2.75, 3.05) is 35.6 Å². The molecule has 20 heteroatoms. The number of hydrogen-bond acceptors (Lipinski definition) is 9. The number of rotatable bonds is 13. The summed E-state index contributed by atoms with van der Waals surface area (Å²) in [5.41, 5.74) is 9.65. The Morgan fingerprint density at radius 1 is 0.944 bits per heavy atom. The Hall–Kier alpha value is -6.76. The number of ether oxygens (including phenoxy) is 1. The van der Waals surface area contributed by atoms with Gasteiger partial charge >= 0.3 is 6.36 Å². The zero-order valence-corrected chi connectivity index (χ0v) is 40.2. The molecular formula is C52H49Cl2F4N9O5. The molecule has 2 aromatic heterocycles. The highest BCUT2D eigenvalue weighted by molar-refractivity contribution is 6.31. The molecule has 3 atom stereocenters. The maximum absolute atomic E-state index is 16.3. The number of nitrogen functional groups attached to an aromatic ring is 1. The number of carbonyl (C=O) groups excluding carboxylic acids is 4. The maximum Gasteiger partial charge on any atom is 0.573 e. The summed E-state index contributed by atoms with van der Waals surface area (Å²) in [6.07, 6.45) is 3.06. The van der Waals surface area contributed by atoms with Crippen molar-refractivity contribution >= 4 is 75.1 Å². The van der Waals surface area contributed by atoms with Crippen molar-refractivity contribution in [1.82, 2.24) is 30.5 Å². The quantitative estimate of drug-likeness (QED) is 0.0559. The second-order valence-corrected chi connectivity index (χ2v) is 19.6. The van der Waals surface area contributed by atoms with Gasteiger partial charge in [-0.1, -0.05) is 78.9 Å². The van der Waals surface area contributed by atoms with Crippen LogP contribution in [0.2, 0.25) is 10.0 Å². The minimum absolute atomic E-state index is 0.0187. The first-order valence-corrected chi connectivity index (χ1v) is 24.6. The number of alkyl halides is 3. The van der Waals surface area contributed by atoms with Crippen molar-refractivity contribution in [3.8, 4) is 16.9 Å². The van der Waals surface area contributed by atoms with Crippen molar-refractivity contribution in [2.45, 2.75) is 93.6 Å².